The lowest BCUT2D eigenvalue weighted by molar-refractivity contribution is 1.24. The van der Waals surface area contributed by atoms with E-state index in [1.807, 2.05) is 25.3 Å². The van der Waals surface area contributed by atoms with E-state index in [2.05, 4.69) is 28.4 Å². The topological polar surface area (TPSA) is 43.3 Å². The number of hydrogen-bond acceptors (Lipinski definition) is 2. The molecule has 2 heterocycles. The lowest BCUT2D eigenvalue weighted by Crippen LogP contribution is -1.92. The van der Waals surface area contributed by atoms with E-state index in [1.165, 1.54) is 10.9 Å². The fourth-order valence-electron chi connectivity index (χ4n) is 2.16. The molecule has 0 saturated heterocycles. The average Bonchev–Trinajstić information content (AvgIpc) is 2.59. The van der Waals surface area contributed by atoms with Gasteiger partial charge in [-0.25, -0.2) is 4.98 Å². The number of aromatic nitrogens is 2. The van der Waals surface area contributed by atoms with Crippen molar-refractivity contribution in [2.75, 3.05) is 5.73 Å². The maximum Gasteiger partial charge on any atom is 0.137 e. The Morgan fingerprint density at radius 3 is 2.81 bits per heavy atom. The summed E-state index contributed by atoms with van der Waals surface area (Å²) in [5, 5.41) is 1.22. The molecule has 1 aromatic carbocycles. The minimum Gasteiger partial charge on any atom is -0.399 e. The van der Waals surface area contributed by atoms with Crippen LogP contribution in [0.1, 0.15) is 11.3 Å². The second kappa shape index (κ2) is 2.98. The van der Waals surface area contributed by atoms with E-state index in [-0.39, 0.29) is 0 Å². The zero-order valence-corrected chi connectivity index (χ0v) is 9.36. The van der Waals surface area contributed by atoms with Gasteiger partial charge in [0.05, 0.1) is 11.2 Å². The molecule has 0 amide bonds. The second-order valence-electron chi connectivity index (χ2n) is 4.21. The number of hydrogen-bond donors (Lipinski definition) is 1. The predicted molar refractivity (Wildman–Crippen MR) is 66.6 cm³/mol. The van der Waals surface area contributed by atoms with Gasteiger partial charge in [0.1, 0.15) is 5.65 Å². The van der Waals surface area contributed by atoms with Gasteiger partial charge >= 0.3 is 0 Å². The molecule has 2 N–H and O–H groups in total. The van der Waals surface area contributed by atoms with Gasteiger partial charge in [0.25, 0.3) is 0 Å². The number of nitrogens with two attached hydrogens (primary N) is 1. The third-order valence-electron chi connectivity index (χ3n) is 2.91. The maximum absolute atomic E-state index is 5.84. The van der Waals surface area contributed by atoms with Gasteiger partial charge in [-0.3, -0.25) is 4.40 Å². The summed E-state index contributed by atoms with van der Waals surface area (Å²) in [5.74, 6) is 0. The fraction of sp³-hybridized carbons (Fsp3) is 0.154. The van der Waals surface area contributed by atoms with Gasteiger partial charge in [-0.2, -0.15) is 0 Å². The van der Waals surface area contributed by atoms with Crippen LogP contribution in [0.15, 0.2) is 30.5 Å². The van der Waals surface area contributed by atoms with Crippen LogP contribution in [0.4, 0.5) is 5.69 Å². The highest BCUT2D eigenvalue weighted by Gasteiger charge is 2.05. The number of nitrogen functional groups attached to an aromatic ring is 1. The molecule has 3 rings (SSSR count). The first-order valence-electron chi connectivity index (χ1n) is 5.30. The molecule has 3 nitrogen and oxygen atoms in total. The van der Waals surface area contributed by atoms with Crippen molar-refractivity contribution in [1.29, 1.82) is 0 Å². The van der Waals surface area contributed by atoms with E-state index >= 15 is 0 Å². The zero-order chi connectivity index (χ0) is 11.3. The summed E-state index contributed by atoms with van der Waals surface area (Å²) in [5.41, 5.74) is 11.0. The highest BCUT2D eigenvalue weighted by Crippen LogP contribution is 2.23. The van der Waals surface area contributed by atoms with Crippen LogP contribution < -0.4 is 5.73 Å². The molecule has 0 unspecified atom stereocenters. The number of fused-ring (bicyclic) bond motifs is 3. The molecule has 16 heavy (non-hydrogen) atoms. The largest absolute Gasteiger partial charge is 0.399 e. The molecule has 0 bridgehead atoms. The van der Waals surface area contributed by atoms with Crippen molar-refractivity contribution in [3.8, 4) is 0 Å². The Hall–Kier alpha value is -2.03. The highest BCUT2D eigenvalue weighted by atomic mass is 15.0. The Morgan fingerprint density at radius 2 is 2.00 bits per heavy atom. The number of pyridine rings is 1. The molecule has 3 aromatic rings. The molecule has 0 atom stereocenters. The van der Waals surface area contributed by atoms with Crippen molar-refractivity contribution in [2.24, 2.45) is 0 Å². The average molecular weight is 211 g/mol. The van der Waals surface area contributed by atoms with Crippen LogP contribution in [0.25, 0.3) is 16.6 Å². The molecular weight excluding hydrogens is 198 g/mol. The van der Waals surface area contributed by atoms with Gasteiger partial charge in [0.2, 0.25) is 0 Å². The smallest absolute Gasteiger partial charge is 0.137 e. The molecule has 0 aliphatic carbocycles. The van der Waals surface area contributed by atoms with Crippen molar-refractivity contribution < 1.29 is 0 Å². The van der Waals surface area contributed by atoms with Crippen molar-refractivity contribution in [3.63, 3.8) is 0 Å². The molecule has 0 spiro atoms. The normalized spacial score (nSPS) is 11.4. The summed E-state index contributed by atoms with van der Waals surface area (Å²) in [6.07, 6.45) is 2.04. The van der Waals surface area contributed by atoms with E-state index in [1.54, 1.807) is 0 Å². The van der Waals surface area contributed by atoms with Crippen LogP contribution in [0.5, 0.6) is 0 Å². The van der Waals surface area contributed by atoms with Crippen LogP contribution in [-0.2, 0) is 0 Å². The quantitative estimate of drug-likeness (QED) is 0.581. The van der Waals surface area contributed by atoms with Crippen molar-refractivity contribution in [3.05, 3.63) is 41.7 Å². The molecule has 0 saturated carbocycles. The first-order chi connectivity index (χ1) is 7.65. The number of nitrogens with zero attached hydrogens (tertiary/aromatic N) is 2. The molecule has 0 aliphatic heterocycles. The number of aryl methyl sites for hydroxylation is 2. The van der Waals surface area contributed by atoms with Gasteiger partial charge in [0.15, 0.2) is 0 Å². The highest BCUT2D eigenvalue weighted by molar-refractivity contribution is 5.87. The van der Waals surface area contributed by atoms with E-state index in [0.717, 1.165) is 22.5 Å². The SMILES string of the molecule is Cc1cn2c(cc(C)c3ccc(N)cc32)n1. The summed E-state index contributed by atoms with van der Waals surface area (Å²) in [4.78, 5) is 4.48. The lowest BCUT2D eigenvalue weighted by Gasteiger charge is -2.06. The van der Waals surface area contributed by atoms with Crippen molar-refractivity contribution in [1.82, 2.24) is 9.38 Å². The van der Waals surface area contributed by atoms with E-state index in [9.17, 15) is 0 Å². The molecule has 0 fully saturated rings. The molecule has 0 radical (unpaired) electrons. The number of benzene rings is 1. The minimum absolute atomic E-state index is 0.783. The maximum atomic E-state index is 5.84. The van der Waals surface area contributed by atoms with E-state index in [0.29, 0.717) is 0 Å². The van der Waals surface area contributed by atoms with E-state index in [4.69, 9.17) is 5.73 Å². The third kappa shape index (κ3) is 1.18. The van der Waals surface area contributed by atoms with Crippen molar-refractivity contribution in [2.45, 2.75) is 13.8 Å². The number of rotatable bonds is 0. The molecule has 80 valence electrons. The van der Waals surface area contributed by atoms with Crippen LogP contribution in [0, 0.1) is 13.8 Å². The molecular formula is C13H13N3. The van der Waals surface area contributed by atoms with Gasteiger partial charge < -0.3 is 5.73 Å². The Bertz CT molecular complexity index is 695. The van der Waals surface area contributed by atoms with Crippen LogP contribution in [0.2, 0.25) is 0 Å². The van der Waals surface area contributed by atoms with Gasteiger partial charge in [-0.05, 0) is 37.6 Å². The Labute approximate surface area is 93.5 Å². The summed E-state index contributed by atoms with van der Waals surface area (Å²) < 4.78 is 2.09. The Kier molecular flexibility index (Phi) is 1.72. The first-order valence-corrected chi connectivity index (χ1v) is 5.30. The van der Waals surface area contributed by atoms with Crippen molar-refractivity contribution >= 4 is 22.2 Å². The zero-order valence-electron chi connectivity index (χ0n) is 9.36. The molecule has 2 aromatic heterocycles. The van der Waals surface area contributed by atoms with Crippen LogP contribution in [-0.4, -0.2) is 9.38 Å². The van der Waals surface area contributed by atoms with Gasteiger partial charge in [-0.1, -0.05) is 6.07 Å². The first kappa shape index (κ1) is 9.21. The van der Waals surface area contributed by atoms with E-state index < -0.39 is 0 Å². The predicted octanol–water partition coefficient (Wildman–Crippen LogP) is 2.69. The standard InChI is InChI=1S/C13H13N3/c1-8-5-13-15-9(2)7-16(13)12-6-10(14)3-4-11(8)12/h3-7H,14H2,1-2H3. The number of imidazole rings is 1. The monoisotopic (exact) mass is 211 g/mol. The second-order valence-corrected chi connectivity index (χ2v) is 4.21. The third-order valence-corrected chi connectivity index (χ3v) is 2.91. The molecule has 3 heteroatoms. The fourth-order valence-corrected chi connectivity index (χ4v) is 2.16. The Morgan fingerprint density at radius 1 is 1.19 bits per heavy atom. The summed E-state index contributed by atoms with van der Waals surface area (Å²) in [6, 6.07) is 8.10. The van der Waals surface area contributed by atoms with Gasteiger partial charge in [-0.15, -0.1) is 0 Å². The summed E-state index contributed by atoms with van der Waals surface area (Å²) in [7, 11) is 0. The lowest BCUT2D eigenvalue weighted by atomic mass is 10.1. The van der Waals surface area contributed by atoms with Crippen LogP contribution in [0.3, 0.4) is 0 Å². The number of anilines is 1. The Balaban J connectivity index is 2.60. The summed E-state index contributed by atoms with van der Waals surface area (Å²) in [6.45, 7) is 4.10. The van der Waals surface area contributed by atoms with Crippen LogP contribution >= 0.6 is 0 Å². The van der Waals surface area contributed by atoms with Gasteiger partial charge in [0, 0.05) is 17.3 Å². The minimum atomic E-state index is 0.783. The summed E-state index contributed by atoms with van der Waals surface area (Å²) >= 11 is 0. The molecule has 0 aliphatic rings.